The average Bonchev–Trinajstić information content (AvgIpc) is 2.38. The fourth-order valence-electron chi connectivity index (χ4n) is 1.28. The summed E-state index contributed by atoms with van der Waals surface area (Å²) in [7, 11) is 1.52. The summed E-state index contributed by atoms with van der Waals surface area (Å²) in [5.74, 6) is 0.775. The second-order valence-electron chi connectivity index (χ2n) is 3.98. The number of amides is 1. The highest BCUT2D eigenvalue weighted by Gasteiger charge is 2.25. The average molecular weight is 276 g/mol. The predicted octanol–water partition coefficient (Wildman–Crippen LogP) is 2.66. The first-order valence-corrected chi connectivity index (χ1v) is 6.20. The highest BCUT2D eigenvalue weighted by Crippen LogP contribution is 2.18. The standard InChI is InChI=1S/C12H15Cl2NO2/c1-12(7-13,8-14)15-11(16)9-5-3-4-6-10(9)17-2/h3-6H,7-8H2,1-2H3,(H,15,16). The Labute approximate surface area is 111 Å². The summed E-state index contributed by atoms with van der Waals surface area (Å²) in [4.78, 5) is 12.0. The number of hydrogen-bond acceptors (Lipinski definition) is 2. The molecule has 3 nitrogen and oxygen atoms in total. The Morgan fingerprint density at radius 3 is 2.47 bits per heavy atom. The van der Waals surface area contributed by atoms with Crippen LogP contribution in [-0.4, -0.2) is 30.3 Å². The van der Waals surface area contributed by atoms with Gasteiger partial charge in [0.05, 0.1) is 18.2 Å². The fraction of sp³-hybridized carbons (Fsp3) is 0.417. The zero-order valence-corrected chi connectivity index (χ0v) is 11.3. The van der Waals surface area contributed by atoms with Gasteiger partial charge in [-0.25, -0.2) is 0 Å². The van der Waals surface area contributed by atoms with E-state index in [1.165, 1.54) is 7.11 Å². The summed E-state index contributed by atoms with van der Waals surface area (Å²) < 4.78 is 5.12. The monoisotopic (exact) mass is 275 g/mol. The third kappa shape index (κ3) is 3.51. The molecule has 5 heteroatoms. The van der Waals surface area contributed by atoms with E-state index in [1.54, 1.807) is 31.2 Å². The largest absolute Gasteiger partial charge is 0.496 e. The Hall–Kier alpha value is -0.930. The van der Waals surface area contributed by atoms with Gasteiger partial charge in [-0.1, -0.05) is 12.1 Å². The van der Waals surface area contributed by atoms with E-state index in [-0.39, 0.29) is 17.7 Å². The van der Waals surface area contributed by atoms with Crippen molar-refractivity contribution in [2.45, 2.75) is 12.5 Å². The first-order chi connectivity index (χ1) is 8.06. The lowest BCUT2D eigenvalue weighted by Crippen LogP contribution is -2.49. The number of para-hydroxylation sites is 1. The quantitative estimate of drug-likeness (QED) is 0.840. The lowest BCUT2D eigenvalue weighted by molar-refractivity contribution is 0.0918. The molecule has 0 spiro atoms. The first-order valence-electron chi connectivity index (χ1n) is 5.14. The zero-order valence-electron chi connectivity index (χ0n) is 9.80. The van der Waals surface area contributed by atoms with Gasteiger partial charge in [0, 0.05) is 11.8 Å². The minimum atomic E-state index is -0.624. The molecule has 1 amide bonds. The van der Waals surface area contributed by atoms with Gasteiger partial charge in [-0.15, -0.1) is 23.2 Å². The highest BCUT2D eigenvalue weighted by molar-refractivity contribution is 6.22. The number of carbonyl (C=O) groups is 1. The summed E-state index contributed by atoms with van der Waals surface area (Å²) in [6.07, 6.45) is 0. The molecule has 94 valence electrons. The molecule has 1 N–H and O–H groups in total. The van der Waals surface area contributed by atoms with Gasteiger partial charge in [0.15, 0.2) is 0 Å². The van der Waals surface area contributed by atoms with Crippen LogP contribution in [0, 0.1) is 0 Å². The van der Waals surface area contributed by atoms with Gasteiger partial charge in [0.1, 0.15) is 5.75 Å². The Kier molecular flexibility index (Phi) is 5.09. The van der Waals surface area contributed by atoms with Crippen molar-refractivity contribution < 1.29 is 9.53 Å². The molecule has 1 aromatic carbocycles. The molecule has 0 atom stereocenters. The second-order valence-corrected chi connectivity index (χ2v) is 4.52. The van der Waals surface area contributed by atoms with Crippen LogP contribution >= 0.6 is 23.2 Å². The smallest absolute Gasteiger partial charge is 0.255 e. The number of methoxy groups -OCH3 is 1. The maximum atomic E-state index is 12.0. The van der Waals surface area contributed by atoms with E-state index in [1.807, 2.05) is 0 Å². The Bertz CT molecular complexity index is 392. The molecule has 1 rings (SSSR count). The topological polar surface area (TPSA) is 38.3 Å². The van der Waals surface area contributed by atoms with Crippen molar-refractivity contribution in [1.82, 2.24) is 5.32 Å². The van der Waals surface area contributed by atoms with E-state index >= 15 is 0 Å². The molecule has 0 aliphatic carbocycles. The number of ether oxygens (including phenoxy) is 1. The predicted molar refractivity (Wildman–Crippen MR) is 70.3 cm³/mol. The van der Waals surface area contributed by atoms with E-state index in [0.29, 0.717) is 11.3 Å². The molecule has 0 heterocycles. The lowest BCUT2D eigenvalue weighted by atomic mass is 10.1. The maximum absolute atomic E-state index is 12.0. The lowest BCUT2D eigenvalue weighted by Gasteiger charge is -2.26. The van der Waals surface area contributed by atoms with Gasteiger partial charge in [-0.05, 0) is 19.1 Å². The summed E-state index contributed by atoms with van der Waals surface area (Å²) in [6, 6.07) is 7.00. The van der Waals surface area contributed by atoms with Crippen molar-refractivity contribution >= 4 is 29.1 Å². The van der Waals surface area contributed by atoms with Gasteiger partial charge < -0.3 is 10.1 Å². The molecular formula is C12H15Cl2NO2. The number of halogens is 2. The number of carbonyl (C=O) groups excluding carboxylic acids is 1. The second kappa shape index (κ2) is 6.12. The molecule has 0 saturated carbocycles. The van der Waals surface area contributed by atoms with Gasteiger partial charge in [0.2, 0.25) is 0 Å². The number of hydrogen-bond donors (Lipinski definition) is 1. The van der Waals surface area contributed by atoms with Crippen LogP contribution in [0.1, 0.15) is 17.3 Å². The molecule has 1 aromatic rings. The van der Waals surface area contributed by atoms with E-state index in [9.17, 15) is 4.79 Å². The molecule has 17 heavy (non-hydrogen) atoms. The van der Waals surface area contributed by atoms with Gasteiger partial charge in [-0.2, -0.15) is 0 Å². The number of rotatable bonds is 5. The van der Waals surface area contributed by atoms with Crippen LogP contribution in [-0.2, 0) is 0 Å². The van der Waals surface area contributed by atoms with Crippen LogP contribution in [0.3, 0.4) is 0 Å². The molecule has 0 unspecified atom stereocenters. The van der Waals surface area contributed by atoms with Crippen molar-refractivity contribution in [3.63, 3.8) is 0 Å². The first kappa shape index (κ1) is 14.1. The minimum absolute atomic E-state index is 0.244. The molecule has 0 aromatic heterocycles. The molecule has 0 saturated heterocycles. The normalized spacial score (nSPS) is 11.1. The summed E-state index contributed by atoms with van der Waals surface area (Å²) >= 11 is 11.6. The van der Waals surface area contributed by atoms with E-state index < -0.39 is 5.54 Å². The zero-order chi connectivity index (χ0) is 12.9. The van der Waals surface area contributed by atoms with E-state index in [4.69, 9.17) is 27.9 Å². The molecule has 0 bridgehead atoms. The van der Waals surface area contributed by atoms with Crippen molar-refractivity contribution in [3.05, 3.63) is 29.8 Å². The van der Waals surface area contributed by atoms with Gasteiger partial charge in [0.25, 0.3) is 5.91 Å². The number of nitrogens with one attached hydrogen (secondary N) is 1. The molecule has 0 fully saturated rings. The Morgan fingerprint density at radius 1 is 1.35 bits per heavy atom. The highest BCUT2D eigenvalue weighted by atomic mass is 35.5. The van der Waals surface area contributed by atoms with Crippen LogP contribution in [0.25, 0.3) is 0 Å². The molecular weight excluding hydrogens is 261 g/mol. The SMILES string of the molecule is COc1ccccc1C(=O)NC(C)(CCl)CCl. The minimum Gasteiger partial charge on any atom is -0.496 e. The van der Waals surface area contributed by atoms with Crippen molar-refractivity contribution in [2.24, 2.45) is 0 Å². The molecule has 0 aliphatic heterocycles. The summed E-state index contributed by atoms with van der Waals surface area (Å²) in [5.41, 5.74) is -0.155. The van der Waals surface area contributed by atoms with Gasteiger partial charge in [-0.3, -0.25) is 4.79 Å². The number of alkyl halides is 2. The van der Waals surface area contributed by atoms with E-state index in [2.05, 4.69) is 5.32 Å². The Balaban J connectivity index is 2.90. The van der Waals surface area contributed by atoms with Crippen LogP contribution < -0.4 is 10.1 Å². The Morgan fingerprint density at radius 2 is 1.94 bits per heavy atom. The number of benzene rings is 1. The van der Waals surface area contributed by atoms with E-state index in [0.717, 1.165) is 0 Å². The maximum Gasteiger partial charge on any atom is 0.255 e. The van der Waals surface area contributed by atoms with Gasteiger partial charge >= 0.3 is 0 Å². The van der Waals surface area contributed by atoms with Crippen molar-refractivity contribution in [2.75, 3.05) is 18.9 Å². The van der Waals surface area contributed by atoms with Crippen LogP contribution in [0.4, 0.5) is 0 Å². The fourth-order valence-corrected chi connectivity index (χ4v) is 1.70. The van der Waals surface area contributed by atoms with Crippen LogP contribution in [0.2, 0.25) is 0 Å². The molecule has 0 radical (unpaired) electrons. The van der Waals surface area contributed by atoms with Crippen molar-refractivity contribution in [1.29, 1.82) is 0 Å². The third-order valence-corrected chi connectivity index (χ3v) is 3.54. The van der Waals surface area contributed by atoms with Crippen LogP contribution in [0.5, 0.6) is 5.75 Å². The molecule has 0 aliphatic rings. The third-order valence-electron chi connectivity index (χ3n) is 2.36. The summed E-state index contributed by atoms with van der Waals surface area (Å²) in [6.45, 7) is 1.79. The van der Waals surface area contributed by atoms with Crippen LogP contribution in [0.15, 0.2) is 24.3 Å². The van der Waals surface area contributed by atoms with Crippen molar-refractivity contribution in [3.8, 4) is 5.75 Å². The summed E-state index contributed by atoms with van der Waals surface area (Å²) in [5, 5.41) is 2.80.